The molecule has 1 aromatic carbocycles. The SMILES string of the molecule is COc1ccc(CNC(=O)c2c(N)cnn2C)cc1. The van der Waals surface area contributed by atoms with E-state index >= 15 is 0 Å². The van der Waals surface area contributed by atoms with E-state index in [4.69, 9.17) is 10.5 Å². The number of hydrogen-bond donors (Lipinski definition) is 2. The molecule has 0 aliphatic carbocycles. The smallest absolute Gasteiger partial charge is 0.271 e. The molecule has 2 rings (SSSR count). The Morgan fingerprint density at radius 1 is 1.42 bits per heavy atom. The molecule has 0 bridgehead atoms. The molecule has 0 unspecified atom stereocenters. The van der Waals surface area contributed by atoms with Crippen LogP contribution in [0, 0.1) is 0 Å². The van der Waals surface area contributed by atoms with Crippen LogP contribution >= 0.6 is 0 Å². The molecular weight excluding hydrogens is 244 g/mol. The highest BCUT2D eigenvalue weighted by Gasteiger charge is 2.14. The lowest BCUT2D eigenvalue weighted by molar-refractivity contribution is 0.0942. The van der Waals surface area contributed by atoms with Gasteiger partial charge in [-0.15, -0.1) is 0 Å². The fourth-order valence-corrected chi connectivity index (χ4v) is 1.74. The molecule has 1 amide bonds. The van der Waals surface area contributed by atoms with Crippen molar-refractivity contribution in [1.82, 2.24) is 15.1 Å². The number of amides is 1. The lowest BCUT2D eigenvalue weighted by atomic mass is 10.2. The summed E-state index contributed by atoms with van der Waals surface area (Å²) in [4.78, 5) is 12.0. The molecule has 0 fully saturated rings. The molecule has 0 aliphatic rings. The van der Waals surface area contributed by atoms with Crippen molar-refractivity contribution in [2.75, 3.05) is 12.8 Å². The van der Waals surface area contributed by atoms with E-state index in [1.165, 1.54) is 10.9 Å². The van der Waals surface area contributed by atoms with E-state index < -0.39 is 0 Å². The van der Waals surface area contributed by atoms with E-state index in [2.05, 4.69) is 10.4 Å². The van der Waals surface area contributed by atoms with Gasteiger partial charge in [-0.3, -0.25) is 9.48 Å². The van der Waals surface area contributed by atoms with Gasteiger partial charge in [-0.2, -0.15) is 5.10 Å². The number of aryl methyl sites for hydroxylation is 1. The van der Waals surface area contributed by atoms with E-state index in [0.717, 1.165) is 11.3 Å². The van der Waals surface area contributed by atoms with Gasteiger partial charge in [0.1, 0.15) is 11.4 Å². The molecule has 3 N–H and O–H groups in total. The standard InChI is InChI=1S/C13H16N4O2/c1-17-12(11(14)8-16-17)13(18)15-7-9-3-5-10(19-2)6-4-9/h3-6,8H,7,14H2,1-2H3,(H,15,18). The first-order valence-electron chi connectivity index (χ1n) is 5.80. The van der Waals surface area contributed by atoms with Gasteiger partial charge in [-0.1, -0.05) is 12.1 Å². The molecular formula is C13H16N4O2. The molecule has 100 valence electrons. The summed E-state index contributed by atoms with van der Waals surface area (Å²) in [7, 11) is 3.29. The molecule has 2 aromatic rings. The summed E-state index contributed by atoms with van der Waals surface area (Å²) in [5.41, 5.74) is 7.41. The zero-order valence-corrected chi connectivity index (χ0v) is 10.9. The molecule has 19 heavy (non-hydrogen) atoms. The van der Waals surface area contributed by atoms with E-state index in [0.29, 0.717) is 17.9 Å². The highest BCUT2D eigenvalue weighted by atomic mass is 16.5. The topological polar surface area (TPSA) is 82.2 Å². The molecule has 6 heteroatoms. The Bertz CT molecular complexity index is 555. The van der Waals surface area contributed by atoms with Gasteiger partial charge in [-0.25, -0.2) is 0 Å². The fourth-order valence-electron chi connectivity index (χ4n) is 1.74. The Morgan fingerprint density at radius 2 is 2.11 bits per heavy atom. The number of nitrogens with two attached hydrogens (primary N) is 1. The van der Waals surface area contributed by atoms with Gasteiger partial charge in [0, 0.05) is 13.6 Å². The number of aromatic nitrogens is 2. The number of ether oxygens (including phenoxy) is 1. The Labute approximate surface area is 111 Å². The zero-order chi connectivity index (χ0) is 13.8. The summed E-state index contributed by atoms with van der Waals surface area (Å²) in [5.74, 6) is 0.541. The Hall–Kier alpha value is -2.50. The van der Waals surface area contributed by atoms with Crippen molar-refractivity contribution in [3.05, 3.63) is 41.7 Å². The van der Waals surface area contributed by atoms with Crippen molar-refractivity contribution in [1.29, 1.82) is 0 Å². The number of methoxy groups -OCH3 is 1. The van der Waals surface area contributed by atoms with Crippen LogP contribution in [0.5, 0.6) is 5.75 Å². The monoisotopic (exact) mass is 260 g/mol. The van der Waals surface area contributed by atoms with Gasteiger partial charge in [0.25, 0.3) is 5.91 Å². The maximum atomic E-state index is 12.0. The van der Waals surface area contributed by atoms with E-state index in [1.54, 1.807) is 14.2 Å². The average Bonchev–Trinajstić information content (AvgIpc) is 2.76. The van der Waals surface area contributed by atoms with Crippen LogP contribution in [0.15, 0.2) is 30.5 Å². The van der Waals surface area contributed by atoms with Crippen LogP contribution < -0.4 is 15.8 Å². The number of hydrogen-bond acceptors (Lipinski definition) is 4. The highest BCUT2D eigenvalue weighted by molar-refractivity contribution is 5.97. The van der Waals surface area contributed by atoms with Crippen LogP contribution in [0.2, 0.25) is 0 Å². The number of rotatable bonds is 4. The maximum absolute atomic E-state index is 12.0. The van der Waals surface area contributed by atoms with Crippen molar-refractivity contribution < 1.29 is 9.53 Å². The minimum Gasteiger partial charge on any atom is -0.497 e. The van der Waals surface area contributed by atoms with E-state index in [1.807, 2.05) is 24.3 Å². The lowest BCUT2D eigenvalue weighted by Crippen LogP contribution is -2.26. The summed E-state index contributed by atoms with van der Waals surface area (Å²) < 4.78 is 6.53. The molecule has 1 heterocycles. The predicted octanol–water partition coefficient (Wildman–Crippen LogP) is 0.941. The molecule has 0 radical (unpaired) electrons. The molecule has 1 aromatic heterocycles. The fraction of sp³-hybridized carbons (Fsp3) is 0.231. The van der Waals surface area contributed by atoms with Gasteiger partial charge < -0.3 is 15.8 Å². The molecule has 0 saturated carbocycles. The van der Waals surface area contributed by atoms with Crippen molar-refractivity contribution in [2.24, 2.45) is 7.05 Å². The summed E-state index contributed by atoms with van der Waals surface area (Å²) in [6.07, 6.45) is 1.46. The first kappa shape index (κ1) is 12.9. The first-order chi connectivity index (χ1) is 9.11. The maximum Gasteiger partial charge on any atom is 0.271 e. The van der Waals surface area contributed by atoms with Gasteiger partial charge >= 0.3 is 0 Å². The predicted molar refractivity (Wildman–Crippen MR) is 71.8 cm³/mol. The largest absolute Gasteiger partial charge is 0.497 e. The third-order valence-corrected chi connectivity index (χ3v) is 2.79. The van der Waals surface area contributed by atoms with Gasteiger partial charge in [0.2, 0.25) is 0 Å². The van der Waals surface area contributed by atoms with Crippen LogP contribution in [0.4, 0.5) is 5.69 Å². The summed E-state index contributed by atoms with van der Waals surface area (Å²) in [5, 5.41) is 6.73. The number of nitrogens with zero attached hydrogens (tertiary/aromatic N) is 2. The number of carbonyl (C=O) groups is 1. The third kappa shape index (κ3) is 2.85. The number of benzene rings is 1. The quantitative estimate of drug-likeness (QED) is 0.857. The minimum absolute atomic E-state index is 0.242. The Balaban J connectivity index is 2.00. The normalized spacial score (nSPS) is 10.2. The van der Waals surface area contributed by atoms with Gasteiger partial charge in [0.05, 0.1) is 19.0 Å². The third-order valence-electron chi connectivity index (χ3n) is 2.79. The van der Waals surface area contributed by atoms with Crippen LogP contribution in [0.3, 0.4) is 0 Å². The summed E-state index contributed by atoms with van der Waals surface area (Å²) in [6, 6.07) is 7.48. The second-order valence-corrected chi connectivity index (χ2v) is 4.10. The number of anilines is 1. The van der Waals surface area contributed by atoms with Crippen LogP contribution in [0.25, 0.3) is 0 Å². The first-order valence-corrected chi connectivity index (χ1v) is 5.80. The van der Waals surface area contributed by atoms with Crippen molar-refractivity contribution in [2.45, 2.75) is 6.54 Å². The number of nitrogens with one attached hydrogen (secondary N) is 1. The van der Waals surface area contributed by atoms with Crippen LogP contribution in [-0.4, -0.2) is 22.8 Å². The van der Waals surface area contributed by atoms with Gasteiger partial charge in [0.15, 0.2) is 0 Å². The summed E-state index contributed by atoms with van der Waals surface area (Å²) >= 11 is 0. The lowest BCUT2D eigenvalue weighted by Gasteiger charge is -2.07. The highest BCUT2D eigenvalue weighted by Crippen LogP contribution is 2.12. The molecule has 0 spiro atoms. The van der Waals surface area contributed by atoms with Gasteiger partial charge in [-0.05, 0) is 17.7 Å². The molecule has 0 saturated heterocycles. The van der Waals surface area contributed by atoms with Crippen molar-refractivity contribution in [3.63, 3.8) is 0 Å². The number of carbonyl (C=O) groups excluding carboxylic acids is 1. The second-order valence-electron chi connectivity index (χ2n) is 4.10. The molecule has 6 nitrogen and oxygen atoms in total. The minimum atomic E-state index is -0.242. The Kier molecular flexibility index (Phi) is 3.70. The zero-order valence-electron chi connectivity index (χ0n) is 10.9. The van der Waals surface area contributed by atoms with E-state index in [9.17, 15) is 4.79 Å². The second kappa shape index (κ2) is 5.43. The van der Waals surface area contributed by atoms with E-state index in [-0.39, 0.29) is 5.91 Å². The average molecular weight is 260 g/mol. The Morgan fingerprint density at radius 3 is 2.63 bits per heavy atom. The summed E-state index contributed by atoms with van der Waals surface area (Å²) in [6.45, 7) is 0.424. The molecule has 0 atom stereocenters. The van der Waals surface area contributed by atoms with Crippen LogP contribution in [-0.2, 0) is 13.6 Å². The van der Waals surface area contributed by atoms with Crippen LogP contribution in [0.1, 0.15) is 16.1 Å². The molecule has 0 aliphatic heterocycles. The van der Waals surface area contributed by atoms with Crippen molar-refractivity contribution in [3.8, 4) is 5.75 Å². The number of nitrogen functional groups attached to an aromatic ring is 1. The van der Waals surface area contributed by atoms with Crippen molar-refractivity contribution >= 4 is 11.6 Å².